The van der Waals surface area contributed by atoms with Gasteiger partial charge in [-0.3, -0.25) is 0 Å². The summed E-state index contributed by atoms with van der Waals surface area (Å²) in [4.78, 5) is -0.842. The third kappa shape index (κ3) is 4.62. The van der Waals surface area contributed by atoms with Crippen molar-refractivity contribution < 1.29 is 30.7 Å². The highest BCUT2D eigenvalue weighted by Crippen LogP contribution is 2.34. The minimum atomic E-state index is -4.79. The van der Waals surface area contributed by atoms with Crippen molar-refractivity contribution in [3.63, 3.8) is 0 Å². The third-order valence-corrected chi connectivity index (χ3v) is 5.02. The molecule has 0 aliphatic rings. The molecule has 0 spiro atoms. The number of rotatable bonds is 7. The lowest BCUT2D eigenvalue weighted by atomic mass is 10.2. The Morgan fingerprint density at radius 2 is 1.88 bits per heavy atom. The second-order valence-corrected chi connectivity index (χ2v) is 6.96. The normalized spacial score (nSPS) is 13.8. The summed E-state index contributed by atoms with van der Waals surface area (Å²) < 4.78 is 77.1. The fraction of sp³-hybridized carbons (Fsp3) is 0.375. The van der Waals surface area contributed by atoms with Crippen LogP contribution in [0.2, 0.25) is 0 Å². The van der Waals surface area contributed by atoms with Crippen LogP contribution in [0.4, 0.5) is 13.2 Å². The minimum Gasteiger partial charge on any atom is -0.464 e. The van der Waals surface area contributed by atoms with Gasteiger partial charge in [0.2, 0.25) is 10.0 Å². The van der Waals surface area contributed by atoms with E-state index >= 15 is 0 Å². The standard InChI is InChI=1S/C16H18F3NO4S/c1-3-11-8-9-14(24-11)13(10-23-2)20-25(21,22)15-7-5-4-6-12(15)16(17,18)19/h4-9,13,20H,3,10H2,1-2H3. The molecule has 9 heteroatoms. The molecule has 1 heterocycles. The van der Waals surface area contributed by atoms with E-state index in [9.17, 15) is 21.6 Å². The number of halogens is 3. The van der Waals surface area contributed by atoms with Gasteiger partial charge in [0.25, 0.3) is 0 Å². The zero-order valence-electron chi connectivity index (χ0n) is 13.6. The summed E-state index contributed by atoms with van der Waals surface area (Å²) in [7, 11) is -3.10. The number of methoxy groups -OCH3 is 1. The van der Waals surface area contributed by atoms with E-state index in [2.05, 4.69) is 4.72 Å². The summed E-state index contributed by atoms with van der Waals surface area (Å²) in [5.41, 5.74) is -1.23. The molecule has 1 aromatic heterocycles. The molecule has 0 saturated carbocycles. The number of benzene rings is 1. The van der Waals surface area contributed by atoms with Crippen LogP contribution in [0.15, 0.2) is 45.7 Å². The van der Waals surface area contributed by atoms with E-state index in [1.165, 1.54) is 13.2 Å². The maximum atomic E-state index is 13.1. The first-order valence-electron chi connectivity index (χ1n) is 7.45. The van der Waals surface area contributed by atoms with Crippen molar-refractivity contribution in [2.75, 3.05) is 13.7 Å². The first-order valence-corrected chi connectivity index (χ1v) is 8.93. The first-order chi connectivity index (χ1) is 11.7. The van der Waals surface area contributed by atoms with E-state index in [0.29, 0.717) is 12.2 Å². The number of alkyl halides is 3. The van der Waals surface area contributed by atoms with Gasteiger partial charge in [0.05, 0.1) is 17.1 Å². The second-order valence-electron chi connectivity index (χ2n) is 5.28. The zero-order valence-corrected chi connectivity index (χ0v) is 14.4. The minimum absolute atomic E-state index is 0.0932. The second kappa shape index (κ2) is 7.59. The van der Waals surface area contributed by atoms with Crippen molar-refractivity contribution in [1.82, 2.24) is 4.72 Å². The summed E-state index contributed by atoms with van der Waals surface area (Å²) in [5.74, 6) is 0.901. The van der Waals surface area contributed by atoms with Gasteiger partial charge in [0, 0.05) is 13.5 Å². The Balaban J connectivity index is 2.39. The van der Waals surface area contributed by atoms with Gasteiger partial charge in [-0.15, -0.1) is 0 Å². The van der Waals surface area contributed by atoms with Crippen LogP contribution in [0.5, 0.6) is 0 Å². The fourth-order valence-corrected chi connectivity index (χ4v) is 3.72. The number of hydrogen-bond donors (Lipinski definition) is 1. The van der Waals surface area contributed by atoms with Crippen LogP contribution in [0, 0.1) is 0 Å². The van der Waals surface area contributed by atoms with E-state index in [1.807, 2.05) is 6.92 Å². The van der Waals surface area contributed by atoms with Crippen LogP contribution in [-0.4, -0.2) is 22.1 Å². The molecule has 0 radical (unpaired) electrons. The number of nitrogens with one attached hydrogen (secondary N) is 1. The largest absolute Gasteiger partial charge is 0.464 e. The summed E-state index contributed by atoms with van der Waals surface area (Å²) >= 11 is 0. The van der Waals surface area contributed by atoms with Gasteiger partial charge in [0.1, 0.15) is 17.6 Å². The quantitative estimate of drug-likeness (QED) is 0.802. The Morgan fingerprint density at radius 1 is 1.20 bits per heavy atom. The average Bonchev–Trinajstić information content (AvgIpc) is 3.02. The van der Waals surface area contributed by atoms with E-state index < -0.39 is 32.7 Å². The fourth-order valence-electron chi connectivity index (χ4n) is 2.30. The van der Waals surface area contributed by atoms with E-state index in [4.69, 9.17) is 9.15 Å². The van der Waals surface area contributed by atoms with Gasteiger partial charge in [-0.2, -0.15) is 17.9 Å². The average molecular weight is 377 g/mol. The predicted molar refractivity (Wildman–Crippen MR) is 84.5 cm³/mol. The van der Waals surface area contributed by atoms with Crippen LogP contribution >= 0.6 is 0 Å². The molecule has 0 fully saturated rings. The van der Waals surface area contributed by atoms with Crippen LogP contribution in [0.1, 0.15) is 30.0 Å². The first kappa shape index (κ1) is 19.5. The van der Waals surface area contributed by atoms with Crippen molar-refractivity contribution >= 4 is 10.0 Å². The summed E-state index contributed by atoms with van der Waals surface area (Å²) in [6.07, 6.45) is -4.19. The van der Waals surface area contributed by atoms with Crippen molar-refractivity contribution in [1.29, 1.82) is 0 Å². The third-order valence-electron chi connectivity index (χ3n) is 3.49. The van der Waals surface area contributed by atoms with Gasteiger partial charge >= 0.3 is 6.18 Å². The van der Waals surface area contributed by atoms with E-state index in [1.54, 1.807) is 12.1 Å². The summed E-state index contributed by atoms with van der Waals surface area (Å²) in [5, 5.41) is 0. The highest BCUT2D eigenvalue weighted by Gasteiger charge is 2.37. The van der Waals surface area contributed by atoms with Crippen molar-refractivity contribution in [2.24, 2.45) is 0 Å². The Morgan fingerprint density at radius 3 is 2.44 bits per heavy atom. The monoisotopic (exact) mass is 377 g/mol. The molecule has 1 atom stereocenters. The highest BCUT2D eigenvalue weighted by molar-refractivity contribution is 7.89. The van der Waals surface area contributed by atoms with Crippen molar-refractivity contribution in [3.05, 3.63) is 53.5 Å². The molecule has 5 nitrogen and oxygen atoms in total. The van der Waals surface area contributed by atoms with Crippen LogP contribution in [0.3, 0.4) is 0 Å². The lowest BCUT2D eigenvalue weighted by Crippen LogP contribution is -2.32. The van der Waals surface area contributed by atoms with E-state index in [0.717, 1.165) is 18.2 Å². The smallest absolute Gasteiger partial charge is 0.417 e. The van der Waals surface area contributed by atoms with Crippen LogP contribution in [0.25, 0.3) is 0 Å². The molecule has 2 rings (SSSR count). The van der Waals surface area contributed by atoms with Gasteiger partial charge < -0.3 is 9.15 Å². The Hall–Kier alpha value is -1.84. The maximum absolute atomic E-state index is 13.1. The lowest BCUT2D eigenvalue weighted by Gasteiger charge is -2.18. The molecule has 2 aromatic rings. The Kier molecular flexibility index (Phi) is 5.91. The van der Waals surface area contributed by atoms with Crippen molar-refractivity contribution in [2.45, 2.75) is 30.5 Å². The number of furan rings is 1. The Labute approximate surface area is 143 Å². The van der Waals surface area contributed by atoms with Crippen LogP contribution < -0.4 is 4.72 Å². The molecule has 0 amide bonds. The van der Waals surface area contributed by atoms with E-state index in [-0.39, 0.29) is 12.4 Å². The molecule has 25 heavy (non-hydrogen) atoms. The summed E-state index contributed by atoms with van der Waals surface area (Å²) in [6, 6.07) is 6.30. The van der Waals surface area contributed by atoms with Crippen LogP contribution in [-0.2, 0) is 27.4 Å². The topological polar surface area (TPSA) is 68.5 Å². The zero-order chi connectivity index (χ0) is 18.7. The molecule has 0 bridgehead atoms. The Bertz CT molecular complexity index is 815. The van der Waals surface area contributed by atoms with Crippen molar-refractivity contribution in [3.8, 4) is 0 Å². The molecule has 0 saturated heterocycles. The summed E-state index contributed by atoms with van der Waals surface area (Å²) in [6.45, 7) is 1.77. The number of aryl methyl sites for hydroxylation is 1. The highest BCUT2D eigenvalue weighted by atomic mass is 32.2. The van der Waals surface area contributed by atoms with Gasteiger partial charge in [0.15, 0.2) is 0 Å². The molecule has 1 N–H and O–H groups in total. The molecule has 138 valence electrons. The molecule has 0 aliphatic carbocycles. The number of ether oxygens (including phenoxy) is 1. The molecule has 1 aromatic carbocycles. The van der Waals surface area contributed by atoms with Gasteiger partial charge in [-0.05, 0) is 24.3 Å². The number of hydrogen-bond acceptors (Lipinski definition) is 4. The van der Waals surface area contributed by atoms with Gasteiger partial charge in [-0.25, -0.2) is 8.42 Å². The predicted octanol–water partition coefficient (Wildman–Crippen LogP) is 3.53. The molecule has 0 aliphatic heterocycles. The lowest BCUT2D eigenvalue weighted by molar-refractivity contribution is -0.139. The van der Waals surface area contributed by atoms with Gasteiger partial charge in [-0.1, -0.05) is 19.1 Å². The molecular formula is C16H18F3NO4S. The number of sulfonamides is 1. The maximum Gasteiger partial charge on any atom is 0.417 e. The molecule has 1 unspecified atom stereocenters. The molecular weight excluding hydrogens is 359 g/mol. The SMILES string of the molecule is CCc1ccc(C(COC)NS(=O)(=O)c2ccccc2C(F)(F)F)o1.